The van der Waals surface area contributed by atoms with Gasteiger partial charge in [0.2, 0.25) is 11.8 Å². The van der Waals surface area contributed by atoms with Crippen LogP contribution < -0.4 is 10.2 Å². The Balaban J connectivity index is 1.75. The molecule has 0 saturated carbocycles. The van der Waals surface area contributed by atoms with Crippen LogP contribution in [0.2, 0.25) is 0 Å². The molecule has 0 bridgehead atoms. The molecule has 2 aliphatic rings. The van der Waals surface area contributed by atoms with Gasteiger partial charge in [0.15, 0.2) is 0 Å². The molecule has 0 aliphatic carbocycles. The first-order valence-corrected chi connectivity index (χ1v) is 6.67. The van der Waals surface area contributed by atoms with Crippen LogP contribution in [-0.2, 0) is 9.59 Å². The lowest BCUT2D eigenvalue weighted by Crippen LogP contribution is -2.31. The highest BCUT2D eigenvalue weighted by Crippen LogP contribution is 2.34. The van der Waals surface area contributed by atoms with Crippen molar-refractivity contribution in [1.29, 1.82) is 0 Å². The minimum Gasteiger partial charge on any atom is -0.368 e. The normalized spacial score (nSPS) is 25.1. The van der Waals surface area contributed by atoms with Gasteiger partial charge in [0.25, 0.3) is 0 Å². The van der Waals surface area contributed by atoms with Crippen LogP contribution in [0.3, 0.4) is 0 Å². The number of rotatable bonds is 1. The Kier molecular flexibility index (Phi) is 2.30. The van der Waals surface area contributed by atoms with E-state index in [4.69, 9.17) is 0 Å². The fraction of sp³-hybridized carbons (Fsp3) is 0.267. The maximum absolute atomic E-state index is 11.7. The quantitative estimate of drug-likeness (QED) is 0.781. The Labute approximate surface area is 115 Å². The summed E-state index contributed by atoms with van der Waals surface area (Å²) >= 11 is 0. The van der Waals surface area contributed by atoms with Crippen LogP contribution in [-0.4, -0.2) is 29.9 Å². The van der Waals surface area contributed by atoms with Gasteiger partial charge in [0, 0.05) is 24.7 Å². The minimum atomic E-state index is -0.221. The molecule has 2 atom stereocenters. The molecule has 4 rings (SSSR count). The van der Waals surface area contributed by atoms with Gasteiger partial charge < -0.3 is 4.90 Å². The van der Waals surface area contributed by atoms with Gasteiger partial charge in [-0.3, -0.25) is 19.9 Å². The van der Waals surface area contributed by atoms with E-state index < -0.39 is 0 Å². The molecule has 1 aromatic heterocycles. The zero-order valence-corrected chi connectivity index (χ0v) is 10.7. The van der Waals surface area contributed by atoms with Crippen molar-refractivity contribution in [1.82, 2.24) is 10.3 Å². The van der Waals surface area contributed by atoms with Gasteiger partial charge in [-0.15, -0.1) is 0 Å². The van der Waals surface area contributed by atoms with E-state index in [1.54, 1.807) is 6.20 Å². The maximum Gasteiger partial charge on any atom is 0.232 e. The number of anilines is 1. The lowest BCUT2D eigenvalue weighted by Gasteiger charge is -2.20. The summed E-state index contributed by atoms with van der Waals surface area (Å²) < 4.78 is 0. The summed E-state index contributed by atoms with van der Waals surface area (Å²) in [6.07, 6.45) is 1.76. The number of nitrogens with one attached hydrogen (secondary N) is 1. The monoisotopic (exact) mass is 267 g/mol. The van der Waals surface area contributed by atoms with Crippen molar-refractivity contribution in [2.75, 3.05) is 18.0 Å². The molecule has 0 radical (unpaired) electrons. The lowest BCUT2D eigenvalue weighted by atomic mass is 10.00. The van der Waals surface area contributed by atoms with Crippen molar-refractivity contribution < 1.29 is 9.59 Å². The van der Waals surface area contributed by atoms with E-state index in [0.29, 0.717) is 13.1 Å². The molecule has 100 valence electrons. The number of aromatic nitrogens is 1. The van der Waals surface area contributed by atoms with E-state index in [-0.39, 0.29) is 23.7 Å². The van der Waals surface area contributed by atoms with Gasteiger partial charge in [-0.25, -0.2) is 0 Å². The molecule has 2 fully saturated rings. The van der Waals surface area contributed by atoms with Gasteiger partial charge in [-0.2, -0.15) is 0 Å². The van der Waals surface area contributed by atoms with E-state index in [1.165, 1.54) is 0 Å². The van der Waals surface area contributed by atoms with E-state index >= 15 is 0 Å². The first-order valence-electron chi connectivity index (χ1n) is 6.67. The lowest BCUT2D eigenvalue weighted by molar-refractivity contribution is -0.126. The number of hydrogen-bond acceptors (Lipinski definition) is 4. The Morgan fingerprint density at radius 1 is 1.05 bits per heavy atom. The Bertz CT molecular complexity index is 701. The summed E-state index contributed by atoms with van der Waals surface area (Å²) in [5.41, 5.74) is 1.92. The van der Waals surface area contributed by atoms with Crippen LogP contribution in [0.5, 0.6) is 0 Å². The molecule has 2 saturated heterocycles. The number of carbonyl (C=O) groups is 2. The minimum absolute atomic E-state index is 0.143. The number of benzene rings is 1. The first-order chi connectivity index (χ1) is 9.74. The van der Waals surface area contributed by atoms with Crippen molar-refractivity contribution in [3.8, 4) is 0 Å². The largest absolute Gasteiger partial charge is 0.368 e. The number of imide groups is 1. The zero-order chi connectivity index (χ0) is 13.7. The van der Waals surface area contributed by atoms with Crippen molar-refractivity contribution in [2.24, 2.45) is 11.8 Å². The Morgan fingerprint density at radius 2 is 1.75 bits per heavy atom. The van der Waals surface area contributed by atoms with Crippen LogP contribution in [0.1, 0.15) is 0 Å². The summed E-state index contributed by atoms with van der Waals surface area (Å²) in [7, 11) is 0. The van der Waals surface area contributed by atoms with Crippen molar-refractivity contribution in [3.05, 3.63) is 36.5 Å². The average molecular weight is 267 g/mol. The molecule has 20 heavy (non-hydrogen) atoms. The second-order valence-corrected chi connectivity index (χ2v) is 5.32. The van der Waals surface area contributed by atoms with Gasteiger partial charge in [0.1, 0.15) is 0 Å². The van der Waals surface area contributed by atoms with Crippen LogP contribution in [0, 0.1) is 11.8 Å². The van der Waals surface area contributed by atoms with Crippen LogP contribution in [0.25, 0.3) is 10.9 Å². The SMILES string of the molecule is O=C1NC(=O)[C@@H]2CN(c3cccc4cccnc34)C[C@H]12. The fourth-order valence-corrected chi connectivity index (χ4v) is 3.18. The summed E-state index contributed by atoms with van der Waals surface area (Å²) in [6, 6.07) is 9.91. The van der Waals surface area contributed by atoms with Gasteiger partial charge in [-0.1, -0.05) is 18.2 Å². The van der Waals surface area contributed by atoms with Crippen LogP contribution >= 0.6 is 0 Å². The van der Waals surface area contributed by atoms with Crippen molar-refractivity contribution in [3.63, 3.8) is 0 Å². The van der Waals surface area contributed by atoms with Gasteiger partial charge >= 0.3 is 0 Å². The van der Waals surface area contributed by atoms with Gasteiger partial charge in [0.05, 0.1) is 23.0 Å². The molecule has 0 spiro atoms. The van der Waals surface area contributed by atoms with Gasteiger partial charge in [-0.05, 0) is 12.1 Å². The molecule has 2 amide bonds. The molecule has 5 heteroatoms. The molecule has 5 nitrogen and oxygen atoms in total. The third-order valence-electron chi connectivity index (χ3n) is 4.19. The highest BCUT2D eigenvalue weighted by atomic mass is 16.2. The summed E-state index contributed by atoms with van der Waals surface area (Å²) in [6.45, 7) is 1.16. The van der Waals surface area contributed by atoms with Crippen molar-refractivity contribution in [2.45, 2.75) is 0 Å². The molecular formula is C15H13N3O2. The zero-order valence-electron chi connectivity index (χ0n) is 10.7. The highest BCUT2D eigenvalue weighted by Gasteiger charge is 2.48. The second kappa shape index (κ2) is 4.03. The van der Waals surface area contributed by atoms with E-state index in [1.807, 2.05) is 30.3 Å². The number of hydrogen-bond donors (Lipinski definition) is 1. The number of nitrogens with zero attached hydrogens (tertiary/aromatic N) is 2. The smallest absolute Gasteiger partial charge is 0.232 e. The van der Waals surface area contributed by atoms with E-state index in [2.05, 4.69) is 15.2 Å². The van der Waals surface area contributed by atoms with E-state index in [9.17, 15) is 9.59 Å². The number of fused-ring (bicyclic) bond motifs is 2. The number of carbonyl (C=O) groups excluding carboxylic acids is 2. The Morgan fingerprint density at radius 3 is 2.50 bits per heavy atom. The maximum atomic E-state index is 11.7. The topological polar surface area (TPSA) is 62.3 Å². The molecule has 1 N–H and O–H groups in total. The molecule has 2 aromatic rings. The predicted molar refractivity (Wildman–Crippen MR) is 74.1 cm³/mol. The fourth-order valence-electron chi connectivity index (χ4n) is 3.18. The summed E-state index contributed by atoms with van der Waals surface area (Å²) in [5.74, 6) is -0.727. The molecule has 1 aromatic carbocycles. The number of pyridine rings is 1. The number of para-hydroxylation sites is 1. The third kappa shape index (κ3) is 1.52. The molecule has 0 unspecified atom stereocenters. The predicted octanol–water partition coefficient (Wildman–Crippen LogP) is 0.944. The Hall–Kier alpha value is -2.43. The average Bonchev–Trinajstić information content (AvgIpc) is 3.01. The number of amides is 2. The van der Waals surface area contributed by atoms with E-state index in [0.717, 1.165) is 16.6 Å². The van der Waals surface area contributed by atoms with Crippen molar-refractivity contribution >= 4 is 28.4 Å². The third-order valence-corrected chi connectivity index (χ3v) is 4.19. The second-order valence-electron chi connectivity index (χ2n) is 5.32. The summed E-state index contributed by atoms with van der Waals surface area (Å²) in [4.78, 5) is 30.0. The van der Waals surface area contributed by atoms with Crippen LogP contribution in [0.4, 0.5) is 5.69 Å². The molecule has 2 aliphatic heterocycles. The molecule has 3 heterocycles. The first kappa shape index (κ1) is 11.4. The molecular weight excluding hydrogens is 254 g/mol. The van der Waals surface area contributed by atoms with Crippen LogP contribution in [0.15, 0.2) is 36.5 Å². The highest BCUT2D eigenvalue weighted by molar-refractivity contribution is 6.06. The summed E-state index contributed by atoms with van der Waals surface area (Å²) in [5, 5.41) is 3.48. The standard InChI is InChI=1S/C15H13N3O2/c19-14-10-7-18(8-11(10)15(20)17-14)12-5-1-3-9-4-2-6-16-13(9)12/h1-6,10-11H,7-8H2,(H,17,19,20)/t10-,11+.